The van der Waals surface area contributed by atoms with Crippen LogP contribution in [0.5, 0.6) is 0 Å². The molecule has 2 unspecified atom stereocenters. The summed E-state index contributed by atoms with van der Waals surface area (Å²) in [6.07, 6.45) is 0.762. The Balaban J connectivity index is 2.11. The molecule has 7 heteroatoms. The summed E-state index contributed by atoms with van der Waals surface area (Å²) in [6.45, 7) is 3.84. The molecule has 5 nitrogen and oxygen atoms in total. The first-order valence-corrected chi connectivity index (χ1v) is 8.36. The number of aliphatic hydroxyl groups excluding tert-OH is 1. The van der Waals surface area contributed by atoms with Gasteiger partial charge >= 0.3 is 0 Å². The molecule has 1 aliphatic carbocycles. The van der Waals surface area contributed by atoms with Gasteiger partial charge in [-0.25, -0.2) is 13.1 Å². The molecular weight excluding hydrogens is 286 g/mol. The Labute approximate surface area is 117 Å². The van der Waals surface area contributed by atoms with E-state index in [4.69, 9.17) is 9.84 Å². The Kier molecular flexibility index (Phi) is 4.04. The molecule has 1 heterocycles. The number of sulfonamides is 1. The molecule has 1 fully saturated rings. The average Bonchev–Trinajstić information content (AvgIpc) is 2.83. The van der Waals surface area contributed by atoms with Gasteiger partial charge in [-0.05, 0) is 18.6 Å². The van der Waals surface area contributed by atoms with E-state index in [-0.39, 0.29) is 28.4 Å². The molecule has 108 valence electrons. The number of methoxy groups -OCH3 is 1. The smallest absolute Gasteiger partial charge is 0.250 e. The highest BCUT2D eigenvalue weighted by Gasteiger charge is 2.50. The minimum atomic E-state index is -3.51. The van der Waals surface area contributed by atoms with Gasteiger partial charge in [-0.15, -0.1) is 11.3 Å². The quantitative estimate of drug-likeness (QED) is 0.860. The maximum Gasteiger partial charge on any atom is 0.250 e. The van der Waals surface area contributed by atoms with Gasteiger partial charge in [-0.1, -0.05) is 13.8 Å². The van der Waals surface area contributed by atoms with E-state index >= 15 is 0 Å². The number of ether oxygens (including phenoxy) is 1. The van der Waals surface area contributed by atoms with Gasteiger partial charge in [0.15, 0.2) is 0 Å². The number of hydrogen-bond acceptors (Lipinski definition) is 5. The Hall–Kier alpha value is -0.470. The van der Waals surface area contributed by atoms with E-state index in [9.17, 15) is 8.42 Å². The van der Waals surface area contributed by atoms with Crippen molar-refractivity contribution in [1.82, 2.24) is 4.72 Å². The number of thiophene rings is 1. The highest BCUT2D eigenvalue weighted by atomic mass is 32.2. The minimum absolute atomic E-state index is 0.0801. The van der Waals surface area contributed by atoms with E-state index in [1.807, 2.05) is 13.8 Å². The average molecular weight is 305 g/mol. The molecular formula is C12H19NO4S2. The Morgan fingerprint density at radius 3 is 2.68 bits per heavy atom. The fourth-order valence-electron chi connectivity index (χ4n) is 2.32. The van der Waals surface area contributed by atoms with Gasteiger partial charge < -0.3 is 9.84 Å². The number of nitrogens with one attached hydrogen (secondary N) is 1. The van der Waals surface area contributed by atoms with E-state index in [2.05, 4.69) is 4.72 Å². The summed E-state index contributed by atoms with van der Waals surface area (Å²) in [7, 11) is -1.87. The minimum Gasteiger partial charge on any atom is -0.391 e. The van der Waals surface area contributed by atoms with Crippen LogP contribution in [0.2, 0.25) is 0 Å². The topological polar surface area (TPSA) is 75.6 Å². The Morgan fingerprint density at radius 2 is 2.21 bits per heavy atom. The van der Waals surface area contributed by atoms with Crippen LogP contribution in [0.1, 0.15) is 25.1 Å². The normalized spacial score (nSPS) is 26.1. The molecule has 0 amide bonds. The van der Waals surface area contributed by atoms with Crippen LogP contribution >= 0.6 is 11.3 Å². The predicted molar refractivity (Wildman–Crippen MR) is 73.5 cm³/mol. The first-order chi connectivity index (χ1) is 8.81. The van der Waals surface area contributed by atoms with Crippen molar-refractivity contribution in [3.63, 3.8) is 0 Å². The summed E-state index contributed by atoms with van der Waals surface area (Å²) in [5, 5.41) is 8.98. The maximum atomic E-state index is 12.2. The summed E-state index contributed by atoms with van der Waals surface area (Å²) in [4.78, 5) is 0.642. The van der Waals surface area contributed by atoms with Gasteiger partial charge in [0, 0.05) is 23.4 Å². The maximum absolute atomic E-state index is 12.2. The van der Waals surface area contributed by atoms with E-state index in [0.29, 0.717) is 11.3 Å². The lowest BCUT2D eigenvalue weighted by molar-refractivity contribution is -0.0908. The van der Waals surface area contributed by atoms with Crippen LogP contribution < -0.4 is 4.72 Å². The van der Waals surface area contributed by atoms with E-state index in [1.54, 1.807) is 13.2 Å². The fourth-order valence-corrected chi connectivity index (χ4v) is 4.96. The molecule has 1 aliphatic rings. The molecule has 0 radical (unpaired) electrons. The third-order valence-corrected chi connectivity index (χ3v) is 6.85. The molecule has 1 aromatic rings. The van der Waals surface area contributed by atoms with Crippen LogP contribution in [0, 0.1) is 5.41 Å². The van der Waals surface area contributed by atoms with Gasteiger partial charge in [0.1, 0.15) is 4.21 Å². The molecule has 2 N–H and O–H groups in total. The van der Waals surface area contributed by atoms with Gasteiger partial charge in [-0.2, -0.15) is 0 Å². The molecule has 0 aromatic carbocycles. The lowest BCUT2D eigenvalue weighted by Gasteiger charge is -2.50. The SMILES string of the molecule is COC1CC(NS(=O)(=O)c2ccc(CO)s2)C1(C)C. The lowest BCUT2D eigenvalue weighted by atomic mass is 9.65. The molecule has 0 aliphatic heterocycles. The van der Waals surface area contributed by atoms with Crippen molar-refractivity contribution in [2.24, 2.45) is 5.41 Å². The zero-order valence-corrected chi connectivity index (χ0v) is 12.8. The molecule has 1 saturated carbocycles. The molecule has 2 atom stereocenters. The second-order valence-corrected chi connectivity index (χ2v) is 8.44. The molecule has 0 bridgehead atoms. The van der Waals surface area contributed by atoms with Crippen molar-refractivity contribution in [2.45, 2.75) is 43.2 Å². The third-order valence-electron chi connectivity index (χ3n) is 3.82. The number of hydrogen-bond donors (Lipinski definition) is 2. The van der Waals surface area contributed by atoms with Crippen molar-refractivity contribution in [3.05, 3.63) is 17.0 Å². The van der Waals surface area contributed by atoms with E-state index in [1.165, 1.54) is 6.07 Å². The number of aliphatic hydroxyl groups is 1. The van der Waals surface area contributed by atoms with Crippen molar-refractivity contribution >= 4 is 21.4 Å². The van der Waals surface area contributed by atoms with Crippen LogP contribution in [0.4, 0.5) is 0 Å². The third kappa shape index (κ3) is 2.71. The fraction of sp³-hybridized carbons (Fsp3) is 0.667. The lowest BCUT2D eigenvalue weighted by Crippen LogP contribution is -2.61. The highest BCUT2D eigenvalue weighted by molar-refractivity contribution is 7.91. The van der Waals surface area contributed by atoms with Crippen molar-refractivity contribution in [1.29, 1.82) is 0 Å². The van der Waals surface area contributed by atoms with Gasteiger partial charge in [0.2, 0.25) is 10.0 Å². The number of rotatable bonds is 5. The van der Waals surface area contributed by atoms with Crippen LogP contribution in [-0.2, 0) is 21.4 Å². The highest BCUT2D eigenvalue weighted by Crippen LogP contribution is 2.43. The summed E-state index contributed by atoms with van der Waals surface area (Å²) in [5.74, 6) is 0. The standard InChI is InChI=1S/C12H19NO4S2/c1-12(2)9(6-10(12)17-3)13-19(15,16)11-5-4-8(7-14)18-11/h4-5,9-10,13-14H,6-7H2,1-3H3. The van der Waals surface area contributed by atoms with Gasteiger partial charge in [-0.3, -0.25) is 0 Å². The molecule has 2 rings (SSSR count). The summed E-state index contributed by atoms with van der Waals surface area (Å²) in [5.41, 5.74) is -0.209. The van der Waals surface area contributed by atoms with Crippen molar-refractivity contribution in [3.8, 4) is 0 Å². The molecule has 1 aromatic heterocycles. The molecule has 0 spiro atoms. The van der Waals surface area contributed by atoms with Gasteiger partial charge in [0.05, 0.1) is 12.7 Å². The monoisotopic (exact) mass is 305 g/mol. The second-order valence-electron chi connectivity index (χ2n) is 5.33. The van der Waals surface area contributed by atoms with Crippen molar-refractivity contribution in [2.75, 3.05) is 7.11 Å². The molecule has 19 heavy (non-hydrogen) atoms. The summed E-state index contributed by atoms with van der Waals surface area (Å²) >= 11 is 1.09. The molecule has 0 saturated heterocycles. The predicted octanol–water partition coefficient (Wildman–Crippen LogP) is 1.33. The van der Waals surface area contributed by atoms with E-state index < -0.39 is 10.0 Å². The zero-order valence-electron chi connectivity index (χ0n) is 11.2. The Bertz CT molecular complexity index is 550. The van der Waals surface area contributed by atoms with Gasteiger partial charge in [0.25, 0.3) is 0 Å². The van der Waals surface area contributed by atoms with Crippen LogP contribution in [0.3, 0.4) is 0 Å². The van der Waals surface area contributed by atoms with Crippen molar-refractivity contribution < 1.29 is 18.3 Å². The zero-order chi connectivity index (χ0) is 14.3. The largest absolute Gasteiger partial charge is 0.391 e. The second kappa shape index (κ2) is 5.14. The van der Waals surface area contributed by atoms with Crippen LogP contribution in [-0.4, -0.2) is 32.8 Å². The Morgan fingerprint density at radius 1 is 1.53 bits per heavy atom. The summed E-state index contributed by atoms with van der Waals surface area (Å²) < 4.78 is 32.7. The first-order valence-electron chi connectivity index (χ1n) is 6.06. The van der Waals surface area contributed by atoms with E-state index in [0.717, 1.165) is 11.3 Å². The summed E-state index contributed by atoms with van der Waals surface area (Å²) in [6, 6.07) is 3.03. The first kappa shape index (κ1) is 14.9. The van der Waals surface area contributed by atoms with Crippen LogP contribution in [0.15, 0.2) is 16.3 Å². The van der Waals surface area contributed by atoms with Crippen LogP contribution in [0.25, 0.3) is 0 Å².